The van der Waals surface area contributed by atoms with Crippen molar-refractivity contribution in [1.82, 2.24) is 30.1 Å². The first-order valence-electron chi connectivity index (χ1n) is 10.4. The molecular weight excluding hydrogens is 505 g/mol. The molecule has 3 N–H and O–H groups in total. The van der Waals surface area contributed by atoms with Crippen molar-refractivity contribution in [2.24, 2.45) is 4.99 Å². The maximum absolute atomic E-state index is 9.64. The van der Waals surface area contributed by atoms with Gasteiger partial charge < -0.3 is 15.7 Å². The summed E-state index contributed by atoms with van der Waals surface area (Å²) in [5, 5.41) is 24.7. The third-order valence-electron chi connectivity index (χ3n) is 5.47. The van der Waals surface area contributed by atoms with Crippen LogP contribution < -0.4 is 10.6 Å². The maximum Gasteiger partial charge on any atom is 0.191 e. The fourth-order valence-corrected chi connectivity index (χ4v) is 3.68. The van der Waals surface area contributed by atoms with Crippen molar-refractivity contribution in [3.63, 3.8) is 0 Å². The Morgan fingerprint density at radius 3 is 2.48 bits per heavy atom. The van der Waals surface area contributed by atoms with Gasteiger partial charge in [0.25, 0.3) is 0 Å². The van der Waals surface area contributed by atoms with Crippen LogP contribution in [0.15, 0.2) is 53.7 Å². The first-order valence-corrected chi connectivity index (χ1v) is 10.4. The lowest BCUT2D eigenvalue weighted by molar-refractivity contribution is 0.0792. The van der Waals surface area contributed by atoms with E-state index in [9.17, 15) is 5.11 Å². The highest BCUT2D eigenvalue weighted by atomic mass is 127. The monoisotopic (exact) mass is 535 g/mol. The Hall–Kier alpha value is -2.24. The van der Waals surface area contributed by atoms with Crippen molar-refractivity contribution >= 4 is 35.6 Å². The number of aromatic nitrogens is 3. The van der Waals surface area contributed by atoms with Crippen LogP contribution in [-0.2, 0) is 19.6 Å². The highest BCUT2D eigenvalue weighted by molar-refractivity contribution is 14.0. The van der Waals surface area contributed by atoms with E-state index in [1.807, 2.05) is 28.8 Å². The molecular formula is C22H30IN7O. The number of aliphatic imine (C=N–C) groups is 1. The predicted octanol–water partition coefficient (Wildman–Crippen LogP) is 2.17. The van der Waals surface area contributed by atoms with Crippen molar-refractivity contribution in [1.29, 1.82) is 0 Å². The van der Waals surface area contributed by atoms with Gasteiger partial charge in [0.05, 0.1) is 12.6 Å². The molecule has 3 aromatic rings. The first kappa shape index (κ1) is 23.4. The zero-order valence-electron chi connectivity index (χ0n) is 17.7. The van der Waals surface area contributed by atoms with Crippen molar-refractivity contribution in [3.05, 3.63) is 65.6 Å². The molecule has 9 heteroatoms. The van der Waals surface area contributed by atoms with E-state index in [0.717, 1.165) is 49.9 Å². The minimum absolute atomic E-state index is 0. The number of halogens is 1. The van der Waals surface area contributed by atoms with Gasteiger partial charge in [-0.05, 0) is 36.1 Å². The third kappa shape index (κ3) is 6.37. The van der Waals surface area contributed by atoms with Crippen LogP contribution in [0.25, 0.3) is 5.65 Å². The average molecular weight is 535 g/mol. The number of benzene rings is 1. The fraction of sp³-hybridized carbons (Fsp3) is 0.409. The molecule has 1 saturated heterocycles. The van der Waals surface area contributed by atoms with E-state index in [1.165, 1.54) is 11.1 Å². The molecule has 0 spiro atoms. The van der Waals surface area contributed by atoms with Crippen LogP contribution >= 0.6 is 24.0 Å². The summed E-state index contributed by atoms with van der Waals surface area (Å²) in [7, 11) is 1.76. The van der Waals surface area contributed by atoms with Crippen LogP contribution in [0.5, 0.6) is 0 Å². The largest absolute Gasteiger partial charge is 0.393 e. The molecule has 2 aromatic heterocycles. The Morgan fingerprint density at radius 1 is 1.03 bits per heavy atom. The number of nitrogens with one attached hydrogen (secondary N) is 2. The molecule has 0 amide bonds. The number of likely N-dealkylation sites (tertiary alicyclic amines) is 1. The van der Waals surface area contributed by atoms with E-state index in [2.05, 4.69) is 55.0 Å². The van der Waals surface area contributed by atoms with Gasteiger partial charge in [-0.1, -0.05) is 30.3 Å². The standard InChI is InChI=1S/C22H29N7O.HI/c1-23-22(25-15-21-27-26-20-4-2-3-11-29(20)21)24-14-17-5-7-18(8-6-17)16-28-12-9-19(30)10-13-28;/h2-8,11,19,30H,9-10,12-16H2,1H3,(H2,23,24,25);1H. The van der Waals surface area contributed by atoms with Crippen LogP contribution in [0.1, 0.15) is 29.8 Å². The minimum Gasteiger partial charge on any atom is -0.393 e. The summed E-state index contributed by atoms with van der Waals surface area (Å²) in [5.41, 5.74) is 3.33. The number of guanidine groups is 1. The molecule has 0 bridgehead atoms. The Kier molecular flexibility index (Phi) is 8.61. The van der Waals surface area contributed by atoms with Gasteiger partial charge in [0.15, 0.2) is 17.4 Å². The lowest BCUT2D eigenvalue weighted by Crippen LogP contribution is -2.36. The van der Waals surface area contributed by atoms with Gasteiger partial charge in [0, 0.05) is 39.4 Å². The van der Waals surface area contributed by atoms with E-state index in [4.69, 9.17) is 0 Å². The summed E-state index contributed by atoms with van der Waals surface area (Å²) in [4.78, 5) is 6.70. The Morgan fingerprint density at radius 2 is 1.74 bits per heavy atom. The zero-order valence-corrected chi connectivity index (χ0v) is 20.1. The lowest BCUT2D eigenvalue weighted by Gasteiger charge is -2.29. The predicted molar refractivity (Wildman–Crippen MR) is 132 cm³/mol. The van der Waals surface area contributed by atoms with Crippen LogP contribution in [-0.4, -0.2) is 56.8 Å². The van der Waals surface area contributed by atoms with Crippen LogP contribution in [0, 0.1) is 0 Å². The number of fused-ring (bicyclic) bond motifs is 1. The number of aliphatic hydroxyl groups is 1. The number of aliphatic hydroxyl groups excluding tert-OH is 1. The highest BCUT2D eigenvalue weighted by Crippen LogP contribution is 2.14. The second kappa shape index (κ2) is 11.4. The molecule has 1 aliphatic rings. The molecule has 1 fully saturated rings. The van der Waals surface area contributed by atoms with Crippen molar-refractivity contribution < 1.29 is 5.11 Å². The highest BCUT2D eigenvalue weighted by Gasteiger charge is 2.16. The third-order valence-corrected chi connectivity index (χ3v) is 5.47. The molecule has 0 unspecified atom stereocenters. The minimum atomic E-state index is -0.124. The van der Waals surface area contributed by atoms with Gasteiger partial charge in [-0.15, -0.1) is 34.2 Å². The normalized spacial score (nSPS) is 15.6. The van der Waals surface area contributed by atoms with E-state index in [1.54, 1.807) is 7.05 Å². The summed E-state index contributed by atoms with van der Waals surface area (Å²) in [6.45, 7) is 4.10. The molecule has 0 radical (unpaired) electrons. The summed E-state index contributed by atoms with van der Waals surface area (Å²) in [6.07, 6.45) is 3.58. The van der Waals surface area contributed by atoms with E-state index in [0.29, 0.717) is 13.1 Å². The van der Waals surface area contributed by atoms with E-state index in [-0.39, 0.29) is 30.1 Å². The molecule has 166 valence electrons. The maximum atomic E-state index is 9.64. The second-order valence-corrected chi connectivity index (χ2v) is 7.65. The quantitative estimate of drug-likeness (QED) is 0.255. The molecule has 3 heterocycles. The molecule has 1 aromatic carbocycles. The molecule has 0 aliphatic carbocycles. The number of rotatable bonds is 6. The number of pyridine rings is 1. The Bertz CT molecular complexity index is 981. The van der Waals surface area contributed by atoms with Gasteiger partial charge in [0.1, 0.15) is 0 Å². The molecule has 4 rings (SSSR count). The molecule has 0 saturated carbocycles. The van der Waals surface area contributed by atoms with Gasteiger partial charge in [0.2, 0.25) is 0 Å². The molecule has 31 heavy (non-hydrogen) atoms. The molecule has 1 aliphatic heterocycles. The van der Waals surface area contributed by atoms with E-state index >= 15 is 0 Å². The van der Waals surface area contributed by atoms with E-state index < -0.39 is 0 Å². The number of hydrogen-bond donors (Lipinski definition) is 3. The van der Waals surface area contributed by atoms with Crippen molar-refractivity contribution in [2.75, 3.05) is 20.1 Å². The smallest absolute Gasteiger partial charge is 0.191 e. The topological polar surface area (TPSA) is 90.1 Å². The Balaban J connectivity index is 0.00000272. The molecule has 0 atom stereocenters. The van der Waals surface area contributed by atoms with Gasteiger partial charge in [-0.3, -0.25) is 14.3 Å². The summed E-state index contributed by atoms with van der Waals surface area (Å²) < 4.78 is 1.96. The second-order valence-electron chi connectivity index (χ2n) is 7.65. The summed E-state index contributed by atoms with van der Waals surface area (Å²) >= 11 is 0. The van der Waals surface area contributed by atoms with Crippen LogP contribution in [0.4, 0.5) is 0 Å². The first-order chi connectivity index (χ1) is 14.7. The van der Waals surface area contributed by atoms with Crippen LogP contribution in [0.2, 0.25) is 0 Å². The number of hydrogen-bond acceptors (Lipinski definition) is 5. The Labute approximate surface area is 199 Å². The summed E-state index contributed by atoms with van der Waals surface area (Å²) in [6, 6.07) is 14.5. The van der Waals surface area contributed by atoms with Crippen molar-refractivity contribution in [3.8, 4) is 0 Å². The van der Waals surface area contributed by atoms with Crippen LogP contribution in [0.3, 0.4) is 0 Å². The number of piperidine rings is 1. The van der Waals surface area contributed by atoms with Gasteiger partial charge in [-0.2, -0.15) is 0 Å². The molecule has 8 nitrogen and oxygen atoms in total. The summed E-state index contributed by atoms with van der Waals surface area (Å²) in [5.74, 6) is 1.56. The van der Waals surface area contributed by atoms with Crippen molar-refractivity contribution in [2.45, 2.75) is 38.6 Å². The zero-order chi connectivity index (χ0) is 20.8. The number of nitrogens with zero attached hydrogens (tertiary/aromatic N) is 5. The average Bonchev–Trinajstić information content (AvgIpc) is 3.20. The van der Waals surface area contributed by atoms with Gasteiger partial charge in [-0.25, -0.2) is 0 Å². The SMILES string of the molecule is CN=C(NCc1ccc(CN2CCC(O)CC2)cc1)NCc1nnc2ccccn12.I. The van der Waals surface area contributed by atoms with Gasteiger partial charge >= 0.3 is 0 Å². The lowest BCUT2D eigenvalue weighted by atomic mass is 10.1. The fourth-order valence-electron chi connectivity index (χ4n) is 3.68.